The van der Waals surface area contributed by atoms with Crippen molar-refractivity contribution in [2.75, 3.05) is 0 Å². The first kappa shape index (κ1) is 13.1. The molecule has 1 fully saturated rings. The Hall–Kier alpha value is -1.29. The van der Waals surface area contributed by atoms with E-state index in [0.29, 0.717) is 18.1 Å². The van der Waals surface area contributed by atoms with Gasteiger partial charge in [-0.15, -0.1) is 0 Å². The van der Waals surface area contributed by atoms with Gasteiger partial charge in [0.2, 0.25) is 0 Å². The van der Waals surface area contributed by atoms with Gasteiger partial charge < -0.3 is 14.3 Å². The highest BCUT2D eigenvalue weighted by Gasteiger charge is 2.20. The number of hydrogen-bond acceptors (Lipinski definition) is 3. The molecular weight excluding hydrogens is 232 g/mol. The summed E-state index contributed by atoms with van der Waals surface area (Å²) in [7, 11) is 0. The Morgan fingerprint density at radius 1 is 1.56 bits per heavy atom. The van der Waals surface area contributed by atoms with E-state index in [1.54, 1.807) is 13.0 Å². The molecule has 0 amide bonds. The summed E-state index contributed by atoms with van der Waals surface area (Å²) in [6.07, 6.45) is 4.96. The fourth-order valence-electron chi connectivity index (χ4n) is 2.56. The third-order valence-corrected chi connectivity index (χ3v) is 3.55. The second-order valence-electron chi connectivity index (χ2n) is 5.19. The summed E-state index contributed by atoms with van der Waals surface area (Å²) in [5, 5.41) is 8.93. The van der Waals surface area contributed by atoms with Gasteiger partial charge >= 0.3 is 5.97 Å². The van der Waals surface area contributed by atoms with E-state index in [1.807, 2.05) is 0 Å². The van der Waals surface area contributed by atoms with Gasteiger partial charge in [0.05, 0.1) is 6.10 Å². The Morgan fingerprint density at radius 2 is 2.33 bits per heavy atom. The zero-order chi connectivity index (χ0) is 13.1. The summed E-state index contributed by atoms with van der Waals surface area (Å²) in [4.78, 5) is 10.9. The van der Waals surface area contributed by atoms with Gasteiger partial charge in [0.1, 0.15) is 23.7 Å². The van der Waals surface area contributed by atoms with Gasteiger partial charge in [-0.3, -0.25) is 0 Å². The molecule has 0 radical (unpaired) electrons. The maximum Gasteiger partial charge on any atom is 0.339 e. The molecule has 2 atom stereocenters. The van der Waals surface area contributed by atoms with E-state index in [4.69, 9.17) is 14.3 Å². The van der Waals surface area contributed by atoms with Crippen molar-refractivity contribution in [3.05, 3.63) is 23.2 Å². The van der Waals surface area contributed by atoms with Crippen LogP contribution >= 0.6 is 0 Å². The molecule has 0 saturated heterocycles. The Morgan fingerprint density at radius 3 is 2.94 bits per heavy atom. The predicted octanol–water partition coefficient (Wildman–Crippen LogP) is 3.38. The van der Waals surface area contributed by atoms with Gasteiger partial charge in [0.25, 0.3) is 0 Å². The summed E-state index contributed by atoms with van der Waals surface area (Å²) in [5.41, 5.74) is 0.227. The van der Waals surface area contributed by atoms with Crippen LogP contribution in [-0.2, 0) is 11.3 Å². The molecule has 0 spiro atoms. The Kier molecular flexibility index (Phi) is 4.07. The number of aromatic carboxylic acids is 1. The lowest BCUT2D eigenvalue weighted by atomic mass is 9.89. The topological polar surface area (TPSA) is 59.7 Å². The van der Waals surface area contributed by atoms with Crippen molar-refractivity contribution < 1.29 is 19.1 Å². The van der Waals surface area contributed by atoms with Crippen molar-refractivity contribution in [3.8, 4) is 0 Å². The Balaban J connectivity index is 1.90. The van der Waals surface area contributed by atoms with Gasteiger partial charge in [-0.1, -0.05) is 19.8 Å². The molecule has 2 unspecified atom stereocenters. The van der Waals surface area contributed by atoms with E-state index in [9.17, 15) is 4.79 Å². The second-order valence-corrected chi connectivity index (χ2v) is 5.19. The van der Waals surface area contributed by atoms with E-state index >= 15 is 0 Å². The molecule has 1 aromatic rings. The number of carboxylic acid groups (broad SMARTS) is 1. The first-order valence-electron chi connectivity index (χ1n) is 6.50. The Bertz CT molecular complexity index is 421. The van der Waals surface area contributed by atoms with E-state index < -0.39 is 5.97 Å². The fraction of sp³-hybridized carbons (Fsp3) is 0.643. The lowest BCUT2D eigenvalue weighted by Gasteiger charge is -2.26. The summed E-state index contributed by atoms with van der Waals surface area (Å²) in [5.74, 6) is 0.812. The smallest absolute Gasteiger partial charge is 0.339 e. The van der Waals surface area contributed by atoms with Crippen molar-refractivity contribution >= 4 is 5.97 Å². The maximum atomic E-state index is 10.9. The number of carbonyl (C=O) groups is 1. The zero-order valence-electron chi connectivity index (χ0n) is 10.9. The van der Waals surface area contributed by atoms with Crippen LogP contribution in [0.2, 0.25) is 0 Å². The maximum absolute atomic E-state index is 10.9. The average Bonchev–Trinajstić information content (AvgIpc) is 2.68. The van der Waals surface area contributed by atoms with Crippen LogP contribution in [0.4, 0.5) is 0 Å². The molecule has 0 aliphatic heterocycles. The first-order chi connectivity index (χ1) is 8.56. The van der Waals surface area contributed by atoms with Crippen LogP contribution in [0.3, 0.4) is 0 Å². The molecule has 18 heavy (non-hydrogen) atoms. The molecule has 1 saturated carbocycles. The SMILES string of the molecule is Cc1oc(COC2CCCC(C)C2)cc1C(=O)O. The standard InChI is InChI=1S/C14H20O4/c1-9-4-3-5-11(6-9)17-8-12-7-13(14(15)16)10(2)18-12/h7,9,11H,3-6,8H2,1-2H3,(H,15,16). The molecule has 1 aliphatic rings. The minimum absolute atomic E-state index is 0.227. The molecular formula is C14H20O4. The van der Waals surface area contributed by atoms with Crippen LogP contribution in [0.5, 0.6) is 0 Å². The summed E-state index contributed by atoms with van der Waals surface area (Å²) in [6, 6.07) is 1.56. The lowest BCUT2D eigenvalue weighted by Crippen LogP contribution is -2.21. The minimum atomic E-state index is -0.950. The second kappa shape index (κ2) is 5.57. The number of hydrogen-bond donors (Lipinski definition) is 1. The zero-order valence-corrected chi connectivity index (χ0v) is 10.9. The van der Waals surface area contributed by atoms with Crippen LogP contribution in [0.25, 0.3) is 0 Å². The summed E-state index contributed by atoms with van der Waals surface area (Å²) < 4.78 is 11.2. The van der Waals surface area contributed by atoms with Crippen molar-refractivity contribution in [2.45, 2.75) is 52.2 Å². The molecule has 4 heteroatoms. The number of furan rings is 1. The molecule has 1 aromatic heterocycles. The van der Waals surface area contributed by atoms with Gasteiger partial charge in [0, 0.05) is 0 Å². The normalized spacial score (nSPS) is 24.1. The molecule has 0 bridgehead atoms. The quantitative estimate of drug-likeness (QED) is 0.892. The lowest BCUT2D eigenvalue weighted by molar-refractivity contribution is -0.00287. The highest BCUT2D eigenvalue weighted by Crippen LogP contribution is 2.26. The minimum Gasteiger partial charge on any atom is -0.478 e. The van der Waals surface area contributed by atoms with Crippen molar-refractivity contribution in [2.24, 2.45) is 5.92 Å². The van der Waals surface area contributed by atoms with Crippen LogP contribution in [0.1, 0.15) is 54.5 Å². The molecule has 1 aliphatic carbocycles. The molecule has 0 aromatic carbocycles. The van der Waals surface area contributed by atoms with E-state index in [-0.39, 0.29) is 11.7 Å². The highest BCUT2D eigenvalue weighted by molar-refractivity contribution is 5.88. The van der Waals surface area contributed by atoms with Crippen molar-refractivity contribution in [1.82, 2.24) is 0 Å². The molecule has 1 heterocycles. The van der Waals surface area contributed by atoms with Crippen LogP contribution in [0.15, 0.2) is 10.5 Å². The largest absolute Gasteiger partial charge is 0.478 e. The summed E-state index contributed by atoms with van der Waals surface area (Å²) in [6.45, 7) is 4.27. The van der Waals surface area contributed by atoms with Gasteiger partial charge in [-0.05, 0) is 31.7 Å². The van der Waals surface area contributed by atoms with Crippen LogP contribution in [0, 0.1) is 12.8 Å². The highest BCUT2D eigenvalue weighted by atomic mass is 16.5. The van der Waals surface area contributed by atoms with Crippen LogP contribution < -0.4 is 0 Å². The van der Waals surface area contributed by atoms with Gasteiger partial charge in [0.15, 0.2) is 0 Å². The fourth-order valence-corrected chi connectivity index (χ4v) is 2.56. The number of rotatable bonds is 4. The van der Waals surface area contributed by atoms with E-state index in [1.165, 1.54) is 12.8 Å². The third-order valence-electron chi connectivity index (χ3n) is 3.55. The van der Waals surface area contributed by atoms with Crippen molar-refractivity contribution in [3.63, 3.8) is 0 Å². The monoisotopic (exact) mass is 252 g/mol. The molecule has 100 valence electrons. The van der Waals surface area contributed by atoms with Gasteiger partial charge in [-0.25, -0.2) is 4.79 Å². The van der Waals surface area contributed by atoms with Gasteiger partial charge in [-0.2, -0.15) is 0 Å². The predicted molar refractivity (Wildman–Crippen MR) is 66.6 cm³/mol. The first-order valence-corrected chi connectivity index (χ1v) is 6.50. The average molecular weight is 252 g/mol. The Labute approximate surface area is 107 Å². The van der Waals surface area contributed by atoms with E-state index in [2.05, 4.69) is 6.92 Å². The van der Waals surface area contributed by atoms with Crippen LogP contribution in [-0.4, -0.2) is 17.2 Å². The number of ether oxygens (including phenoxy) is 1. The van der Waals surface area contributed by atoms with Crippen molar-refractivity contribution in [1.29, 1.82) is 0 Å². The summed E-state index contributed by atoms with van der Waals surface area (Å²) >= 11 is 0. The number of aryl methyl sites for hydroxylation is 1. The molecule has 4 nitrogen and oxygen atoms in total. The number of carboxylic acids is 1. The van der Waals surface area contributed by atoms with E-state index in [0.717, 1.165) is 18.8 Å². The third kappa shape index (κ3) is 3.13. The molecule has 1 N–H and O–H groups in total. The molecule has 2 rings (SSSR count).